The third-order valence-corrected chi connectivity index (χ3v) is 9.50. The third-order valence-electron chi connectivity index (χ3n) is 9.50. The smallest absolute Gasteiger partial charge is 0.129 e. The van der Waals surface area contributed by atoms with Gasteiger partial charge in [-0.25, -0.2) is 0 Å². The van der Waals surface area contributed by atoms with Crippen LogP contribution in [0.15, 0.2) is 132 Å². The van der Waals surface area contributed by atoms with Gasteiger partial charge in [0, 0.05) is 59.7 Å². The first-order valence-corrected chi connectivity index (χ1v) is 17.2. The Hall–Kier alpha value is -5.41. The van der Waals surface area contributed by atoms with Crippen LogP contribution in [0, 0.1) is 39.5 Å². The van der Waals surface area contributed by atoms with Crippen LogP contribution in [0.5, 0.6) is 0 Å². The van der Waals surface area contributed by atoms with E-state index in [-0.39, 0.29) is 75.7 Å². The van der Waals surface area contributed by atoms with Gasteiger partial charge in [-0.15, -0.1) is 53.6 Å². The molecule has 0 N–H and O–H groups in total. The predicted octanol–water partition coefficient (Wildman–Crippen LogP) is 13.5. The van der Waals surface area contributed by atoms with Gasteiger partial charge in [0.2, 0.25) is 0 Å². The van der Waals surface area contributed by atoms with Gasteiger partial charge < -0.3 is 14.4 Å². The molecule has 0 saturated heterocycles. The summed E-state index contributed by atoms with van der Waals surface area (Å²) in [5.74, 6) is 0. The number of hydrogen-bond acceptors (Lipinski definition) is 3. The van der Waals surface area contributed by atoms with Gasteiger partial charge in [0.1, 0.15) is 5.58 Å². The van der Waals surface area contributed by atoms with Gasteiger partial charge in [0.25, 0.3) is 0 Å². The van der Waals surface area contributed by atoms with E-state index in [1.165, 1.54) is 29.8 Å². The summed E-state index contributed by atoms with van der Waals surface area (Å²) < 4.78 is 104. The Balaban J connectivity index is 0.000000322. The van der Waals surface area contributed by atoms with E-state index in [0.29, 0.717) is 16.4 Å². The fourth-order valence-electron chi connectivity index (χ4n) is 6.70. The fraction of sp³-hybridized carbons (Fsp3) is 0.160. The van der Waals surface area contributed by atoms with E-state index in [1.54, 1.807) is 0 Å². The maximum atomic E-state index is 8.32. The van der Waals surface area contributed by atoms with Gasteiger partial charge >= 0.3 is 0 Å². The van der Waals surface area contributed by atoms with Crippen molar-refractivity contribution in [3.05, 3.63) is 168 Å². The molecule has 0 aliphatic rings. The van der Waals surface area contributed by atoms with Crippen molar-refractivity contribution in [3.63, 3.8) is 0 Å². The molecule has 0 atom stereocenters. The molecular weight excluding hydrogens is 837 g/mol. The van der Waals surface area contributed by atoms with Crippen molar-refractivity contribution >= 4 is 43.5 Å². The number of nitrogens with zero attached hydrogens (tertiary/aromatic N) is 2. The second-order valence-corrected chi connectivity index (χ2v) is 14.0. The summed E-state index contributed by atoms with van der Waals surface area (Å²) in [6.45, 7) is -4.08. The minimum absolute atomic E-state index is 0. The van der Waals surface area contributed by atoms with Gasteiger partial charge in [-0.1, -0.05) is 129 Å². The van der Waals surface area contributed by atoms with Gasteiger partial charge in [-0.3, -0.25) is 0 Å². The van der Waals surface area contributed by atoms with Crippen molar-refractivity contribution in [2.24, 2.45) is 0 Å². The van der Waals surface area contributed by atoms with Crippen LogP contribution in [0.3, 0.4) is 0 Å². The molecule has 0 fully saturated rings. The summed E-state index contributed by atoms with van der Waals surface area (Å²) >= 11 is 0. The van der Waals surface area contributed by atoms with Crippen LogP contribution in [0.25, 0.3) is 77.1 Å². The van der Waals surface area contributed by atoms with Gasteiger partial charge in [0.05, 0.1) is 5.58 Å². The topological polar surface area (TPSA) is 38.9 Å². The van der Waals surface area contributed by atoms with Crippen LogP contribution in [-0.4, -0.2) is 9.97 Å². The van der Waals surface area contributed by atoms with Crippen molar-refractivity contribution in [1.29, 1.82) is 0 Å². The maximum Gasteiger partial charge on any atom is 0.129 e. The van der Waals surface area contributed by atoms with Gasteiger partial charge in [0.15, 0.2) is 0 Å². The minimum atomic E-state index is -2.80. The Morgan fingerprint density at radius 3 is 2.17 bits per heavy atom. The maximum absolute atomic E-state index is 8.32. The van der Waals surface area contributed by atoms with E-state index >= 15 is 0 Å². The Morgan fingerprint density at radius 1 is 0.611 bits per heavy atom. The molecule has 3 nitrogen and oxygen atoms in total. The number of aryl methyl sites for hydroxylation is 4. The summed E-state index contributed by atoms with van der Waals surface area (Å²) in [6.07, 6.45) is 3.08. The standard InChI is InChI=1S/C35H26NO.C15H16N.Ir/c1-20-9-14-26(22(3)17-20)30-18-31(36-19-23(30)4)28-15-10-21(2)32-29-16-13-25-12-11-24-7-5-6-8-27(24)33(25)35(29)37-34(28)32;1-15(2,3)13-9-10-14(16-11-13)12-7-5-4-6-8-12;/h5-14,16-19H,1-4H3;4-7,9-11H,1-3H3;/q2*-1;/i1D3,2D3,3D3,4D3;;. The van der Waals surface area contributed by atoms with E-state index in [4.69, 9.17) is 20.9 Å². The molecule has 3 aromatic heterocycles. The van der Waals surface area contributed by atoms with Crippen LogP contribution >= 0.6 is 0 Å². The second kappa shape index (κ2) is 14.8. The van der Waals surface area contributed by atoms with Gasteiger partial charge in [-0.05, 0) is 81.3 Å². The zero-order valence-corrected chi connectivity index (χ0v) is 32.2. The normalized spacial score (nSPS) is 15.7. The first-order chi connectivity index (χ1) is 30.4. The van der Waals surface area contributed by atoms with Crippen molar-refractivity contribution in [2.75, 3.05) is 0 Å². The Labute approximate surface area is 348 Å². The molecule has 0 unspecified atom stereocenters. The first kappa shape index (κ1) is 24.8. The molecule has 9 rings (SSSR count). The average Bonchev–Trinajstić information content (AvgIpc) is 3.64. The summed E-state index contributed by atoms with van der Waals surface area (Å²) in [6, 6.07) is 40.1. The molecule has 0 bridgehead atoms. The fourth-order valence-corrected chi connectivity index (χ4v) is 6.70. The number of hydrogen-bond donors (Lipinski definition) is 0. The van der Waals surface area contributed by atoms with E-state index in [1.807, 2.05) is 79.0 Å². The zero-order valence-electron chi connectivity index (χ0n) is 41.8. The molecular formula is C50H42IrN2O-2. The van der Waals surface area contributed by atoms with Crippen LogP contribution < -0.4 is 0 Å². The zero-order chi connectivity index (χ0) is 46.9. The van der Waals surface area contributed by atoms with Crippen LogP contribution in [0.1, 0.15) is 65.0 Å². The summed E-state index contributed by atoms with van der Waals surface area (Å²) in [4.78, 5) is 8.94. The number of benzene rings is 6. The molecule has 54 heavy (non-hydrogen) atoms. The van der Waals surface area contributed by atoms with E-state index in [9.17, 15) is 0 Å². The SMILES string of the molecule is CC(C)(C)c1ccc(-c2[c-]cccc2)nc1.[2H]C([2H])([2H])c1ccc(-c2cc(-c3[c-]cc(C([2H])([2H])[2H])c4c3oc3c4ccc4ccc5ccccc5c43)ncc2C([2H])([2H])[2H])c(C([2H])([2H])[2H])c1.[Ir]. The van der Waals surface area contributed by atoms with Crippen molar-refractivity contribution < 1.29 is 41.0 Å². The third kappa shape index (κ3) is 6.89. The van der Waals surface area contributed by atoms with Crippen molar-refractivity contribution in [3.8, 4) is 33.6 Å². The average molecular weight is 891 g/mol. The molecule has 0 aliphatic heterocycles. The van der Waals surface area contributed by atoms with Crippen LogP contribution in [-0.2, 0) is 25.5 Å². The summed E-state index contributed by atoms with van der Waals surface area (Å²) in [5.41, 5.74) is 3.67. The van der Waals surface area contributed by atoms with Crippen molar-refractivity contribution in [2.45, 2.75) is 53.6 Å². The van der Waals surface area contributed by atoms with E-state index in [0.717, 1.165) is 45.1 Å². The molecule has 3 heterocycles. The van der Waals surface area contributed by atoms with E-state index in [2.05, 4.69) is 55.0 Å². The molecule has 269 valence electrons. The first-order valence-electron chi connectivity index (χ1n) is 23.2. The molecule has 4 heteroatoms. The van der Waals surface area contributed by atoms with Crippen LogP contribution in [0.2, 0.25) is 0 Å². The van der Waals surface area contributed by atoms with E-state index < -0.39 is 27.4 Å². The largest absolute Gasteiger partial charge is 0.500 e. The number of furan rings is 1. The summed E-state index contributed by atoms with van der Waals surface area (Å²) in [5, 5.41) is 4.43. The summed E-state index contributed by atoms with van der Waals surface area (Å²) in [7, 11) is 0. The molecule has 6 aromatic carbocycles. The molecule has 0 saturated carbocycles. The Kier molecular flexibility index (Phi) is 6.79. The number of rotatable bonds is 3. The minimum Gasteiger partial charge on any atom is -0.500 e. The number of aromatic nitrogens is 2. The Morgan fingerprint density at radius 2 is 1.41 bits per heavy atom. The molecule has 0 spiro atoms. The van der Waals surface area contributed by atoms with Crippen molar-refractivity contribution in [1.82, 2.24) is 9.97 Å². The second-order valence-electron chi connectivity index (χ2n) is 14.0. The van der Waals surface area contributed by atoms with Gasteiger partial charge in [-0.2, -0.15) is 0 Å². The monoisotopic (exact) mass is 891 g/mol. The molecule has 1 radical (unpaired) electrons. The van der Waals surface area contributed by atoms with Crippen LogP contribution in [0.4, 0.5) is 0 Å². The number of pyridine rings is 2. The molecule has 9 aromatic rings. The number of fused-ring (bicyclic) bond motifs is 7. The Bertz CT molecular complexity index is 3240. The predicted molar refractivity (Wildman–Crippen MR) is 222 cm³/mol. The quantitative estimate of drug-likeness (QED) is 0.131. The molecule has 0 amide bonds. The molecule has 0 aliphatic carbocycles.